The Kier molecular flexibility index (Phi) is 5.25. The average Bonchev–Trinajstić information content (AvgIpc) is 2.47. The van der Waals surface area contributed by atoms with E-state index in [1.807, 2.05) is 31.2 Å². The first-order chi connectivity index (χ1) is 10.0. The monoisotopic (exact) mass is 309 g/mol. The van der Waals surface area contributed by atoms with Gasteiger partial charge in [-0.15, -0.1) is 11.8 Å². The molecule has 0 unspecified atom stereocenters. The van der Waals surface area contributed by atoms with Crippen LogP contribution in [-0.4, -0.2) is 41.5 Å². The van der Waals surface area contributed by atoms with Gasteiger partial charge in [0.1, 0.15) is 5.54 Å². The molecular formula is C15H19NO4S. The van der Waals surface area contributed by atoms with Gasteiger partial charge in [0.25, 0.3) is 0 Å². The Morgan fingerprint density at radius 3 is 2.48 bits per heavy atom. The molecule has 0 radical (unpaired) electrons. The zero-order chi connectivity index (χ0) is 15.3. The first kappa shape index (κ1) is 15.9. The fraction of sp³-hybridized carbons (Fsp3) is 0.467. The summed E-state index contributed by atoms with van der Waals surface area (Å²) >= 11 is 1.40. The lowest BCUT2D eigenvalue weighted by Crippen LogP contribution is -2.57. The number of carboxylic acids is 1. The van der Waals surface area contributed by atoms with Gasteiger partial charge in [-0.1, -0.05) is 17.7 Å². The molecule has 0 atom stereocenters. The maximum absolute atomic E-state index is 12.0. The third-order valence-corrected chi connectivity index (χ3v) is 4.54. The van der Waals surface area contributed by atoms with Crippen LogP contribution in [-0.2, 0) is 14.3 Å². The van der Waals surface area contributed by atoms with E-state index in [0.29, 0.717) is 26.1 Å². The van der Waals surface area contributed by atoms with Gasteiger partial charge in [-0.25, -0.2) is 4.79 Å². The number of hydrogen-bond donors (Lipinski definition) is 2. The molecule has 5 nitrogen and oxygen atoms in total. The van der Waals surface area contributed by atoms with Crippen LogP contribution in [0.2, 0.25) is 0 Å². The summed E-state index contributed by atoms with van der Waals surface area (Å²) in [6.07, 6.45) is 0.618. The Hall–Kier alpha value is -1.53. The van der Waals surface area contributed by atoms with Crippen LogP contribution in [0, 0.1) is 6.92 Å². The molecule has 1 aliphatic heterocycles. The van der Waals surface area contributed by atoms with E-state index in [9.17, 15) is 14.7 Å². The van der Waals surface area contributed by atoms with Crippen LogP contribution in [0.25, 0.3) is 0 Å². The maximum Gasteiger partial charge on any atom is 0.329 e. The van der Waals surface area contributed by atoms with Gasteiger partial charge in [0.15, 0.2) is 0 Å². The summed E-state index contributed by atoms with van der Waals surface area (Å²) in [5, 5.41) is 12.1. The third-order valence-electron chi connectivity index (χ3n) is 3.53. The van der Waals surface area contributed by atoms with Crippen LogP contribution in [0.5, 0.6) is 0 Å². The number of thioether (sulfide) groups is 1. The Bertz CT molecular complexity index is 509. The molecule has 114 valence electrons. The summed E-state index contributed by atoms with van der Waals surface area (Å²) < 4.78 is 5.18. The summed E-state index contributed by atoms with van der Waals surface area (Å²) in [4.78, 5) is 24.5. The van der Waals surface area contributed by atoms with Gasteiger partial charge in [-0.3, -0.25) is 4.79 Å². The highest BCUT2D eigenvalue weighted by atomic mass is 32.2. The molecule has 21 heavy (non-hydrogen) atoms. The first-order valence-electron chi connectivity index (χ1n) is 6.83. The van der Waals surface area contributed by atoms with Crippen molar-refractivity contribution >= 4 is 23.6 Å². The topological polar surface area (TPSA) is 75.6 Å². The summed E-state index contributed by atoms with van der Waals surface area (Å²) in [5.74, 6) is -1.04. The van der Waals surface area contributed by atoms with Crippen LogP contribution in [0.3, 0.4) is 0 Å². The standard InChI is InChI=1S/C15H19NO4S/c1-11-2-4-12(5-3-11)21-10-13(17)16-15(14(18)19)6-8-20-9-7-15/h2-5H,6-10H2,1H3,(H,16,17)(H,18,19). The van der Waals surface area contributed by atoms with Gasteiger partial charge < -0.3 is 15.2 Å². The number of nitrogens with one attached hydrogen (secondary N) is 1. The molecule has 2 rings (SSSR count). The molecule has 1 saturated heterocycles. The summed E-state index contributed by atoms with van der Waals surface area (Å²) in [6.45, 7) is 2.72. The van der Waals surface area contributed by atoms with Crippen molar-refractivity contribution in [1.29, 1.82) is 0 Å². The van der Waals surface area contributed by atoms with E-state index in [1.165, 1.54) is 11.8 Å². The lowest BCUT2D eigenvalue weighted by atomic mass is 9.90. The number of aliphatic carboxylic acids is 1. The van der Waals surface area contributed by atoms with E-state index < -0.39 is 11.5 Å². The molecule has 1 heterocycles. The number of ether oxygens (including phenoxy) is 1. The Morgan fingerprint density at radius 1 is 1.29 bits per heavy atom. The summed E-state index contributed by atoms with van der Waals surface area (Å²) in [5.41, 5.74) is -0.0146. The van der Waals surface area contributed by atoms with Crippen LogP contribution in [0.15, 0.2) is 29.2 Å². The van der Waals surface area contributed by atoms with E-state index in [1.54, 1.807) is 0 Å². The van der Waals surface area contributed by atoms with Crippen molar-refractivity contribution in [3.8, 4) is 0 Å². The number of carboxylic acid groups (broad SMARTS) is 1. The van der Waals surface area contributed by atoms with E-state index >= 15 is 0 Å². The number of carbonyl (C=O) groups is 2. The smallest absolute Gasteiger partial charge is 0.329 e. The molecule has 2 N–H and O–H groups in total. The molecule has 0 aliphatic carbocycles. The zero-order valence-electron chi connectivity index (χ0n) is 11.9. The number of amides is 1. The Morgan fingerprint density at radius 2 is 1.90 bits per heavy atom. The Labute approximate surface area is 128 Å². The molecular weight excluding hydrogens is 290 g/mol. The van der Waals surface area contributed by atoms with Crippen molar-refractivity contribution in [3.63, 3.8) is 0 Å². The van der Waals surface area contributed by atoms with Crippen LogP contribution in [0.4, 0.5) is 0 Å². The largest absolute Gasteiger partial charge is 0.480 e. The molecule has 1 aromatic rings. The minimum Gasteiger partial charge on any atom is -0.480 e. The maximum atomic E-state index is 12.0. The van der Waals surface area contributed by atoms with Gasteiger partial charge in [-0.2, -0.15) is 0 Å². The molecule has 1 aromatic carbocycles. The first-order valence-corrected chi connectivity index (χ1v) is 7.82. The van der Waals surface area contributed by atoms with Crippen molar-refractivity contribution in [3.05, 3.63) is 29.8 Å². The fourth-order valence-corrected chi connectivity index (χ4v) is 2.90. The quantitative estimate of drug-likeness (QED) is 0.812. The second-order valence-electron chi connectivity index (χ2n) is 5.15. The van der Waals surface area contributed by atoms with E-state index in [0.717, 1.165) is 10.5 Å². The minimum absolute atomic E-state index is 0.207. The van der Waals surface area contributed by atoms with Gasteiger partial charge >= 0.3 is 5.97 Å². The lowest BCUT2D eigenvalue weighted by Gasteiger charge is -2.33. The van der Waals surface area contributed by atoms with Crippen molar-refractivity contribution in [1.82, 2.24) is 5.32 Å². The van der Waals surface area contributed by atoms with E-state index in [2.05, 4.69) is 5.32 Å². The molecule has 0 saturated carbocycles. The number of carbonyl (C=O) groups excluding carboxylic acids is 1. The summed E-state index contributed by atoms with van der Waals surface area (Å²) in [7, 11) is 0. The number of rotatable bonds is 5. The second kappa shape index (κ2) is 6.95. The van der Waals surface area contributed by atoms with Crippen LogP contribution in [0.1, 0.15) is 18.4 Å². The van der Waals surface area contributed by atoms with Gasteiger partial charge in [0, 0.05) is 31.0 Å². The van der Waals surface area contributed by atoms with Crippen LogP contribution < -0.4 is 5.32 Å². The van der Waals surface area contributed by atoms with Gasteiger partial charge in [0.2, 0.25) is 5.91 Å². The number of aryl methyl sites for hydroxylation is 1. The zero-order valence-corrected chi connectivity index (χ0v) is 12.7. The van der Waals surface area contributed by atoms with Crippen molar-refractivity contribution < 1.29 is 19.4 Å². The molecule has 1 amide bonds. The molecule has 1 fully saturated rings. The number of benzene rings is 1. The highest BCUT2D eigenvalue weighted by Crippen LogP contribution is 2.22. The lowest BCUT2D eigenvalue weighted by molar-refractivity contribution is -0.151. The predicted octanol–water partition coefficient (Wildman–Crippen LogP) is 1.84. The Balaban J connectivity index is 1.90. The minimum atomic E-state index is -1.18. The fourth-order valence-electron chi connectivity index (χ4n) is 2.20. The van der Waals surface area contributed by atoms with Gasteiger partial charge in [-0.05, 0) is 19.1 Å². The van der Waals surface area contributed by atoms with Crippen molar-refractivity contribution in [2.45, 2.75) is 30.2 Å². The summed E-state index contributed by atoms with van der Waals surface area (Å²) in [6, 6.07) is 7.87. The highest BCUT2D eigenvalue weighted by molar-refractivity contribution is 8.00. The second-order valence-corrected chi connectivity index (χ2v) is 6.20. The normalized spacial score (nSPS) is 17.2. The molecule has 1 aliphatic rings. The predicted molar refractivity (Wildman–Crippen MR) is 80.5 cm³/mol. The average molecular weight is 309 g/mol. The van der Waals surface area contributed by atoms with E-state index in [4.69, 9.17) is 4.74 Å². The molecule has 0 spiro atoms. The van der Waals surface area contributed by atoms with Crippen LogP contribution >= 0.6 is 11.8 Å². The molecule has 0 aromatic heterocycles. The van der Waals surface area contributed by atoms with Gasteiger partial charge in [0.05, 0.1) is 5.75 Å². The molecule has 6 heteroatoms. The molecule has 0 bridgehead atoms. The van der Waals surface area contributed by atoms with Crippen molar-refractivity contribution in [2.24, 2.45) is 0 Å². The third kappa shape index (κ3) is 4.22. The highest BCUT2D eigenvalue weighted by Gasteiger charge is 2.41. The van der Waals surface area contributed by atoms with Crippen molar-refractivity contribution in [2.75, 3.05) is 19.0 Å². The van der Waals surface area contributed by atoms with E-state index in [-0.39, 0.29) is 11.7 Å². The number of hydrogen-bond acceptors (Lipinski definition) is 4. The SMILES string of the molecule is Cc1ccc(SCC(=O)NC2(C(=O)O)CCOCC2)cc1.